The third-order valence-electron chi connectivity index (χ3n) is 8.45. The zero-order valence-electron chi connectivity index (χ0n) is 30.9. The summed E-state index contributed by atoms with van der Waals surface area (Å²) in [5, 5.41) is 0. The topological polar surface area (TPSA) is 119 Å². The molecule has 0 heterocycles. The van der Waals surface area contributed by atoms with Crippen LogP contribution < -0.4 is 0 Å². The Morgan fingerprint density at radius 1 is 0.521 bits per heavy atom. The highest BCUT2D eigenvalue weighted by molar-refractivity contribution is 7.46. The van der Waals surface area contributed by atoms with Gasteiger partial charge in [0.2, 0.25) is 0 Å². The van der Waals surface area contributed by atoms with Crippen LogP contribution in [0.3, 0.4) is 0 Å². The van der Waals surface area contributed by atoms with Crippen LogP contribution in [0.4, 0.5) is 0 Å². The van der Waals surface area contributed by atoms with E-state index < -0.39 is 32.5 Å². The number of hydrogen-bond acceptors (Lipinski definition) is 6. The molecule has 0 aliphatic carbocycles. The summed E-state index contributed by atoms with van der Waals surface area (Å²) in [7, 11) is -4.75. The van der Waals surface area contributed by atoms with Gasteiger partial charge in [0.25, 0.3) is 0 Å². The average Bonchev–Trinajstić information content (AvgIpc) is 3.05. The molecule has 0 aromatic rings. The van der Waals surface area contributed by atoms with Crippen molar-refractivity contribution in [1.82, 2.24) is 0 Å². The summed E-state index contributed by atoms with van der Waals surface area (Å²) in [4.78, 5) is 42.4. The summed E-state index contributed by atoms with van der Waals surface area (Å²) >= 11 is 0. The zero-order chi connectivity index (χ0) is 35.4. The lowest BCUT2D eigenvalue weighted by Gasteiger charge is -2.18. The Hall–Kier alpha value is -1.47. The first-order chi connectivity index (χ1) is 23.3. The molecule has 0 fully saturated rings. The van der Waals surface area contributed by atoms with E-state index in [4.69, 9.17) is 19.3 Å². The quantitative estimate of drug-likeness (QED) is 0.0287. The molecule has 0 rings (SSSR count). The van der Waals surface area contributed by atoms with Crippen molar-refractivity contribution in [3.05, 3.63) is 24.3 Å². The summed E-state index contributed by atoms with van der Waals surface area (Å²) in [6.07, 6.45) is 39.5. The monoisotopic (exact) mass is 701 g/mol. The van der Waals surface area contributed by atoms with Gasteiger partial charge in [0.15, 0.2) is 6.10 Å². The van der Waals surface area contributed by atoms with Crippen molar-refractivity contribution in [2.75, 3.05) is 13.2 Å². The maximum Gasteiger partial charge on any atom is 0.469 e. The first kappa shape index (κ1) is 46.5. The van der Waals surface area contributed by atoms with E-state index in [1.54, 1.807) is 0 Å². The van der Waals surface area contributed by atoms with Crippen LogP contribution in [0, 0.1) is 0 Å². The number of rotatable bonds is 36. The van der Waals surface area contributed by atoms with Crippen molar-refractivity contribution in [3.8, 4) is 0 Å². The van der Waals surface area contributed by atoms with Crippen molar-refractivity contribution < 1.29 is 37.9 Å². The lowest BCUT2D eigenvalue weighted by molar-refractivity contribution is -0.161. The Balaban J connectivity index is 3.87. The predicted molar refractivity (Wildman–Crippen MR) is 198 cm³/mol. The van der Waals surface area contributed by atoms with Crippen molar-refractivity contribution >= 4 is 19.8 Å². The summed E-state index contributed by atoms with van der Waals surface area (Å²) < 4.78 is 26.1. The molecule has 0 unspecified atom stereocenters. The number of phosphoric acid groups is 1. The van der Waals surface area contributed by atoms with Crippen LogP contribution in [0.2, 0.25) is 0 Å². The molecule has 2 N–H and O–H groups in total. The van der Waals surface area contributed by atoms with Crippen LogP contribution >= 0.6 is 7.82 Å². The van der Waals surface area contributed by atoms with E-state index in [9.17, 15) is 14.2 Å². The van der Waals surface area contributed by atoms with Crippen LogP contribution in [0.15, 0.2) is 24.3 Å². The van der Waals surface area contributed by atoms with Gasteiger partial charge in [-0.2, -0.15) is 0 Å². The fourth-order valence-corrected chi connectivity index (χ4v) is 5.87. The second-order valence-electron chi connectivity index (χ2n) is 13.2. The third kappa shape index (κ3) is 37.4. The van der Waals surface area contributed by atoms with E-state index in [-0.39, 0.29) is 19.4 Å². The second kappa shape index (κ2) is 35.4. The van der Waals surface area contributed by atoms with E-state index in [0.717, 1.165) is 51.4 Å². The number of unbranched alkanes of at least 4 members (excludes halogenated alkanes) is 22. The van der Waals surface area contributed by atoms with E-state index >= 15 is 0 Å². The number of allylic oxidation sites excluding steroid dienone is 4. The lowest BCUT2D eigenvalue weighted by Crippen LogP contribution is -2.29. The molecule has 0 saturated heterocycles. The minimum absolute atomic E-state index is 0.155. The van der Waals surface area contributed by atoms with Gasteiger partial charge in [0.1, 0.15) is 6.61 Å². The van der Waals surface area contributed by atoms with Gasteiger partial charge in [-0.1, -0.05) is 160 Å². The number of hydrogen-bond donors (Lipinski definition) is 2. The maximum absolute atomic E-state index is 12.3. The smallest absolute Gasteiger partial charge is 0.462 e. The van der Waals surface area contributed by atoms with Gasteiger partial charge in [-0.3, -0.25) is 14.1 Å². The van der Waals surface area contributed by atoms with Crippen LogP contribution in [0.1, 0.15) is 194 Å². The summed E-state index contributed by atoms with van der Waals surface area (Å²) in [5.74, 6) is -0.937. The number of esters is 2. The molecule has 0 amide bonds. The van der Waals surface area contributed by atoms with Crippen molar-refractivity contribution in [3.63, 3.8) is 0 Å². The number of carbonyl (C=O) groups excluding carboxylic acids is 2. The highest BCUT2D eigenvalue weighted by atomic mass is 31.2. The number of phosphoric ester groups is 1. The molecule has 0 aliphatic rings. The summed E-state index contributed by atoms with van der Waals surface area (Å²) in [5.41, 5.74) is 0. The van der Waals surface area contributed by atoms with Gasteiger partial charge in [0, 0.05) is 12.8 Å². The summed E-state index contributed by atoms with van der Waals surface area (Å²) in [6.45, 7) is 3.60. The molecular formula is C39H73O8P. The SMILES string of the molecule is CCCCCCCCCCCCCCCC/C=C/CC/C=C/CCCC(=O)O[C@H](COC(=O)CCCCCCCCC)COP(=O)(O)O. The van der Waals surface area contributed by atoms with Gasteiger partial charge >= 0.3 is 19.8 Å². The van der Waals surface area contributed by atoms with Gasteiger partial charge in [-0.05, 0) is 44.9 Å². The Morgan fingerprint density at radius 2 is 0.917 bits per heavy atom. The van der Waals surface area contributed by atoms with Crippen molar-refractivity contribution in [2.24, 2.45) is 0 Å². The highest BCUT2D eigenvalue weighted by Gasteiger charge is 2.22. The zero-order valence-corrected chi connectivity index (χ0v) is 31.8. The first-order valence-electron chi connectivity index (χ1n) is 19.6. The van der Waals surface area contributed by atoms with Crippen LogP contribution in [-0.2, 0) is 28.2 Å². The molecule has 1 atom stereocenters. The minimum atomic E-state index is -4.75. The number of carbonyl (C=O) groups is 2. The molecule has 0 saturated carbocycles. The fraction of sp³-hybridized carbons (Fsp3) is 0.846. The second-order valence-corrected chi connectivity index (χ2v) is 14.5. The Kier molecular flexibility index (Phi) is 34.3. The van der Waals surface area contributed by atoms with Crippen molar-refractivity contribution in [2.45, 2.75) is 200 Å². The van der Waals surface area contributed by atoms with E-state index in [0.29, 0.717) is 6.42 Å². The van der Waals surface area contributed by atoms with Gasteiger partial charge < -0.3 is 19.3 Å². The van der Waals surface area contributed by atoms with Gasteiger partial charge in [-0.25, -0.2) is 4.57 Å². The summed E-state index contributed by atoms with van der Waals surface area (Å²) in [6, 6.07) is 0. The van der Waals surface area contributed by atoms with Crippen molar-refractivity contribution in [1.29, 1.82) is 0 Å². The molecule has 0 aromatic carbocycles. The number of ether oxygens (including phenoxy) is 2. The molecule has 282 valence electrons. The van der Waals surface area contributed by atoms with E-state index in [1.807, 2.05) is 0 Å². The molecule has 0 bridgehead atoms. The third-order valence-corrected chi connectivity index (χ3v) is 8.94. The average molecular weight is 701 g/mol. The molecular weight excluding hydrogens is 627 g/mol. The van der Waals surface area contributed by atoms with Gasteiger partial charge in [-0.15, -0.1) is 0 Å². The first-order valence-corrected chi connectivity index (χ1v) is 21.2. The van der Waals surface area contributed by atoms with E-state index in [1.165, 1.54) is 109 Å². The van der Waals surface area contributed by atoms with Gasteiger partial charge in [0.05, 0.1) is 6.61 Å². The molecule has 8 nitrogen and oxygen atoms in total. The molecule has 0 aliphatic heterocycles. The lowest BCUT2D eigenvalue weighted by atomic mass is 10.0. The Bertz CT molecular complexity index is 838. The standard InChI is InChI=1S/C39H73O8P/c1-3-5-7-9-11-12-13-14-15-16-17-18-19-20-21-22-23-24-25-26-28-30-32-34-39(41)47-37(36-46-48(42,43)44)35-45-38(40)33-31-29-27-10-8-6-4-2/h22-23,26,28,37H,3-21,24-25,27,29-36H2,1-2H3,(H2,42,43,44)/b23-22+,28-26+/t37-/m1/s1. The highest BCUT2D eigenvalue weighted by Crippen LogP contribution is 2.36. The molecule has 0 spiro atoms. The molecule has 48 heavy (non-hydrogen) atoms. The van der Waals surface area contributed by atoms with Crippen LogP contribution in [0.5, 0.6) is 0 Å². The van der Waals surface area contributed by atoms with Crippen LogP contribution in [0.25, 0.3) is 0 Å². The Labute approximate surface area is 294 Å². The minimum Gasteiger partial charge on any atom is -0.462 e. The maximum atomic E-state index is 12.3. The predicted octanol–water partition coefficient (Wildman–Crippen LogP) is 11.6. The molecule has 9 heteroatoms. The molecule has 0 radical (unpaired) electrons. The van der Waals surface area contributed by atoms with E-state index in [2.05, 4.69) is 42.7 Å². The Morgan fingerprint density at radius 3 is 1.40 bits per heavy atom. The largest absolute Gasteiger partial charge is 0.469 e. The molecule has 0 aromatic heterocycles. The van der Waals surface area contributed by atoms with Crippen LogP contribution in [-0.4, -0.2) is 41.0 Å². The normalized spacial score (nSPS) is 12.7. The fourth-order valence-electron chi connectivity index (χ4n) is 5.51.